The Morgan fingerprint density at radius 2 is 1.89 bits per heavy atom. The second kappa shape index (κ2) is 8.57. The molecule has 0 saturated heterocycles. The zero-order valence-electron chi connectivity index (χ0n) is 14.7. The third-order valence-electron chi connectivity index (χ3n) is 3.79. The lowest BCUT2D eigenvalue weighted by Gasteiger charge is -2.10. The molecule has 136 valence electrons. The Kier molecular flexibility index (Phi) is 5.73. The van der Waals surface area contributed by atoms with E-state index >= 15 is 0 Å². The van der Waals surface area contributed by atoms with E-state index in [0.717, 1.165) is 5.56 Å². The molecule has 0 atom stereocenters. The molecule has 0 aliphatic heterocycles. The van der Waals surface area contributed by atoms with Crippen molar-refractivity contribution in [3.05, 3.63) is 83.9 Å². The fraction of sp³-hybridized carbons (Fsp3) is 0.100. The molecule has 0 radical (unpaired) electrons. The highest BCUT2D eigenvalue weighted by atomic mass is 16.5. The number of nitrogens with one attached hydrogen (secondary N) is 2. The zero-order valence-corrected chi connectivity index (χ0v) is 14.7. The summed E-state index contributed by atoms with van der Waals surface area (Å²) in [6.45, 7) is 0.325. The predicted octanol–water partition coefficient (Wildman–Crippen LogP) is 2.67. The summed E-state index contributed by atoms with van der Waals surface area (Å²) in [5.41, 5.74) is 1.90. The molecule has 2 amide bonds. The van der Waals surface area contributed by atoms with Gasteiger partial charge in [0, 0.05) is 30.7 Å². The predicted molar refractivity (Wildman–Crippen MR) is 101 cm³/mol. The highest BCUT2D eigenvalue weighted by molar-refractivity contribution is 6.06. The van der Waals surface area contributed by atoms with Crippen molar-refractivity contribution >= 4 is 17.5 Å². The molecular weight excluding hydrogens is 344 g/mol. The normalized spacial score (nSPS) is 10.1. The average Bonchev–Trinajstić information content (AvgIpc) is 2.73. The molecule has 0 bridgehead atoms. The van der Waals surface area contributed by atoms with E-state index in [9.17, 15) is 9.59 Å². The third kappa shape index (κ3) is 4.66. The lowest BCUT2D eigenvalue weighted by molar-refractivity contribution is 0.0946. The first-order chi connectivity index (χ1) is 13.2. The van der Waals surface area contributed by atoms with Gasteiger partial charge in [-0.2, -0.15) is 0 Å². The monoisotopic (exact) mass is 362 g/mol. The van der Waals surface area contributed by atoms with Gasteiger partial charge in [-0.3, -0.25) is 19.6 Å². The van der Waals surface area contributed by atoms with Crippen LogP contribution in [0.2, 0.25) is 0 Å². The van der Waals surface area contributed by atoms with Crippen LogP contribution in [0.1, 0.15) is 26.4 Å². The molecule has 2 aromatic heterocycles. The number of anilines is 1. The van der Waals surface area contributed by atoms with Gasteiger partial charge >= 0.3 is 0 Å². The molecule has 2 N–H and O–H groups in total. The molecule has 0 saturated carbocycles. The minimum atomic E-state index is -0.370. The van der Waals surface area contributed by atoms with Gasteiger partial charge in [0.1, 0.15) is 11.4 Å². The molecule has 0 aliphatic rings. The quantitative estimate of drug-likeness (QED) is 0.703. The Balaban J connectivity index is 1.69. The molecule has 1 aromatic carbocycles. The second-order valence-corrected chi connectivity index (χ2v) is 5.63. The lowest BCUT2D eigenvalue weighted by atomic mass is 10.2. The number of carbonyl (C=O) groups is 2. The van der Waals surface area contributed by atoms with Gasteiger partial charge in [0.2, 0.25) is 0 Å². The Bertz CT molecular complexity index is 945. The molecular formula is C20H18N4O3. The van der Waals surface area contributed by atoms with Crippen LogP contribution in [0.4, 0.5) is 5.69 Å². The van der Waals surface area contributed by atoms with Crippen molar-refractivity contribution < 1.29 is 14.3 Å². The standard InChI is InChI=1S/C20H18N4O3/c1-27-18-7-3-2-6-16(18)24-19(25)15-8-10-22-17(11-15)20(26)23-13-14-5-4-9-21-12-14/h2-12H,13H2,1H3,(H,23,26)(H,24,25). The Morgan fingerprint density at radius 3 is 2.67 bits per heavy atom. The Hall–Kier alpha value is -3.74. The van der Waals surface area contributed by atoms with Crippen LogP contribution in [0.15, 0.2) is 67.1 Å². The number of aromatic nitrogens is 2. The van der Waals surface area contributed by atoms with Crippen LogP contribution in [0.5, 0.6) is 5.75 Å². The van der Waals surface area contributed by atoms with Crippen LogP contribution in [0.25, 0.3) is 0 Å². The van der Waals surface area contributed by atoms with Crippen molar-refractivity contribution in [3.63, 3.8) is 0 Å². The minimum Gasteiger partial charge on any atom is -0.495 e. The van der Waals surface area contributed by atoms with Crippen molar-refractivity contribution in [1.82, 2.24) is 15.3 Å². The number of methoxy groups -OCH3 is 1. The van der Waals surface area contributed by atoms with Crippen molar-refractivity contribution in [1.29, 1.82) is 0 Å². The number of benzene rings is 1. The summed E-state index contributed by atoms with van der Waals surface area (Å²) < 4.78 is 5.22. The fourth-order valence-corrected chi connectivity index (χ4v) is 2.41. The fourth-order valence-electron chi connectivity index (χ4n) is 2.41. The van der Waals surface area contributed by atoms with Crippen LogP contribution < -0.4 is 15.4 Å². The molecule has 3 aromatic rings. The first-order valence-corrected chi connectivity index (χ1v) is 8.25. The van der Waals surface area contributed by atoms with Gasteiger partial charge < -0.3 is 15.4 Å². The number of hydrogen-bond acceptors (Lipinski definition) is 5. The Morgan fingerprint density at radius 1 is 1.04 bits per heavy atom. The number of pyridine rings is 2. The topological polar surface area (TPSA) is 93.2 Å². The molecule has 27 heavy (non-hydrogen) atoms. The van der Waals surface area contributed by atoms with Gasteiger partial charge in [-0.15, -0.1) is 0 Å². The van der Waals surface area contributed by atoms with Gasteiger partial charge in [0.25, 0.3) is 11.8 Å². The van der Waals surface area contributed by atoms with E-state index in [-0.39, 0.29) is 17.5 Å². The van der Waals surface area contributed by atoms with Gasteiger partial charge in [-0.05, 0) is 35.9 Å². The van der Waals surface area contributed by atoms with Crippen LogP contribution in [-0.2, 0) is 6.54 Å². The summed E-state index contributed by atoms with van der Waals surface area (Å²) >= 11 is 0. The minimum absolute atomic E-state index is 0.159. The van der Waals surface area contributed by atoms with E-state index in [1.807, 2.05) is 12.1 Å². The molecule has 0 fully saturated rings. The zero-order chi connectivity index (χ0) is 19.1. The maximum Gasteiger partial charge on any atom is 0.270 e. The summed E-state index contributed by atoms with van der Waals surface area (Å²) in [6, 6.07) is 13.7. The van der Waals surface area contributed by atoms with E-state index in [1.165, 1.54) is 19.4 Å². The number of nitrogens with zero attached hydrogens (tertiary/aromatic N) is 2. The highest BCUT2D eigenvalue weighted by Crippen LogP contribution is 2.23. The lowest BCUT2D eigenvalue weighted by Crippen LogP contribution is -2.24. The van der Waals surface area contributed by atoms with Crippen molar-refractivity contribution in [3.8, 4) is 5.75 Å². The molecule has 0 aliphatic carbocycles. The molecule has 0 unspecified atom stereocenters. The summed E-state index contributed by atoms with van der Waals surface area (Å²) in [7, 11) is 1.53. The van der Waals surface area contributed by atoms with Gasteiger partial charge in [0.15, 0.2) is 0 Å². The van der Waals surface area contributed by atoms with E-state index in [2.05, 4.69) is 20.6 Å². The second-order valence-electron chi connectivity index (χ2n) is 5.63. The first-order valence-electron chi connectivity index (χ1n) is 8.25. The number of para-hydroxylation sites is 2. The number of carbonyl (C=O) groups excluding carboxylic acids is 2. The van der Waals surface area contributed by atoms with Crippen LogP contribution in [-0.4, -0.2) is 28.9 Å². The summed E-state index contributed by atoms with van der Waals surface area (Å²) in [5, 5.41) is 5.53. The smallest absolute Gasteiger partial charge is 0.270 e. The van der Waals surface area contributed by atoms with Crippen LogP contribution >= 0.6 is 0 Å². The number of hydrogen-bond donors (Lipinski definition) is 2. The molecule has 2 heterocycles. The summed E-state index contributed by atoms with van der Waals surface area (Å²) in [4.78, 5) is 32.8. The SMILES string of the molecule is COc1ccccc1NC(=O)c1ccnc(C(=O)NCc2cccnc2)c1. The number of amides is 2. The number of ether oxygens (including phenoxy) is 1. The Labute approximate surface area is 156 Å². The molecule has 3 rings (SSSR count). The highest BCUT2D eigenvalue weighted by Gasteiger charge is 2.13. The molecule has 0 spiro atoms. The van der Waals surface area contributed by atoms with E-state index < -0.39 is 0 Å². The molecule has 7 nitrogen and oxygen atoms in total. The van der Waals surface area contributed by atoms with Crippen molar-refractivity contribution in [2.75, 3.05) is 12.4 Å². The van der Waals surface area contributed by atoms with Gasteiger partial charge in [0.05, 0.1) is 12.8 Å². The van der Waals surface area contributed by atoms with Gasteiger partial charge in [-0.25, -0.2) is 0 Å². The third-order valence-corrected chi connectivity index (χ3v) is 3.79. The van der Waals surface area contributed by atoms with Crippen LogP contribution in [0, 0.1) is 0 Å². The molecule has 7 heteroatoms. The average molecular weight is 362 g/mol. The van der Waals surface area contributed by atoms with E-state index in [4.69, 9.17) is 4.74 Å². The maximum atomic E-state index is 12.5. The maximum absolute atomic E-state index is 12.5. The van der Waals surface area contributed by atoms with Crippen molar-refractivity contribution in [2.24, 2.45) is 0 Å². The summed E-state index contributed by atoms with van der Waals surface area (Å²) in [5.74, 6) is -0.177. The summed E-state index contributed by atoms with van der Waals surface area (Å²) in [6.07, 6.45) is 4.76. The van der Waals surface area contributed by atoms with Crippen molar-refractivity contribution in [2.45, 2.75) is 6.54 Å². The van der Waals surface area contributed by atoms with E-state index in [0.29, 0.717) is 23.5 Å². The number of rotatable bonds is 6. The largest absolute Gasteiger partial charge is 0.495 e. The van der Waals surface area contributed by atoms with E-state index in [1.54, 1.807) is 42.7 Å². The first kappa shape index (κ1) is 18.1. The van der Waals surface area contributed by atoms with Gasteiger partial charge in [-0.1, -0.05) is 18.2 Å². The van der Waals surface area contributed by atoms with Crippen LogP contribution in [0.3, 0.4) is 0 Å².